The first-order chi connectivity index (χ1) is 8.40. The summed E-state index contributed by atoms with van der Waals surface area (Å²) in [6, 6.07) is 0.515. The van der Waals surface area contributed by atoms with Gasteiger partial charge in [0, 0.05) is 19.1 Å². The molecule has 0 aromatic carbocycles. The lowest BCUT2D eigenvalue weighted by Gasteiger charge is -2.28. The van der Waals surface area contributed by atoms with Crippen molar-refractivity contribution in [2.75, 3.05) is 24.5 Å². The van der Waals surface area contributed by atoms with E-state index in [0.717, 1.165) is 43.0 Å². The predicted molar refractivity (Wildman–Crippen MR) is 66.0 cm³/mol. The summed E-state index contributed by atoms with van der Waals surface area (Å²) in [7, 11) is 0. The van der Waals surface area contributed by atoms with E-state index in [0.29, 0.717) is 6.04 Å². The van der Waals surface area contributed by atoms with Gasteiger partial charge in [-0.05, 0) is 19.9 Å². The molecule has 1 aliphatic rings. The zero-order valence-electron chi connectivity index (χ0n) is 9.85. The van der Waals surface area contributed by atoms with Crippen molar-refractivity contribution in [1.29, 1.82) is 0 Å². The average Bonchev–Trinajstić information content (AvgIpc) is 3.00. The number of nitrogens with one attached hydrogen (secondary N) is 2. The topological polar surface area (TPSA) is 69.7 Å². The highest BCUT2D eigenvalue weighted by Gasteiger charge is 2.24. The first kappa shape index (κ1) is 10.5. The second-order valence-electron chi connectivity index (χ2n) is 4.23. The number of anilines is 1. The molecule has 3 heterocycles. The Kier molecular flexibility index (Phi) is 2.64. The van der Waals surface area contributed by atoms with Crippen molar-refractivity contribution in [2.24, 2.45) is 0 Å². The number of imidazole rings is 1. The largest absolute Gasteiger partial charge is 0.351 e. The zero-order chi connectivity index (χ0) is 11.7. The molecule has 0 aliphatic carbocycles. The Hall–Kier alpha value is -1.69. The van der Waals surface area contributed by atoms with E-state index in [2.05, 4.69) is 37.1 Å². The molecule has 0 spiro atoms. The Morgan fingerprint density at radius 2 is 2.35 bits per heavy atom. The lowest BCUT2D eigenvalue weighted by Crippen LogP contribution is -2.37. The highest BCUT2D eigenvalue weighted by atomic mass is 15.3. The van der Waals surface area contributed by atoms with Crippen LogP contribution in [0.5, 0.6) is 0 Å². The summed E-state index contributed by atoms with van der Waals surface area (Å²) in [5.74, 6) is 0.962. The molecule has 0 amide bonds. The van der Waals surface area contributed by atoms with Gasteiger partial charge in [-0.3, -0.25) is 0 Å². The van der Waals surface area contributed by atoms with Crippen molar-refractivity contribution < 1.29 is 0 Å². The van der Waals surface area contributed by atoms with Crippen molar-refractivity contribution >= 4 is 17.0 Å². The summed E-state index contributed by atoms with van der Waals surface area (Å²) in [6.07, 6.45) is 4.42. The van der Waals surface area contributed by atoms with Crippen LogP contribution >= 0.6 is 0 Å². The summed E-state index contributed by atoms with van der Waals surface area (Å²) < 4.78 is 0. The molecule has 1 saturated heterocycles. The molecule has 6 heteroatoms. The van der Waals surface area contributed by atoms with Gasteiger partial charge in [0.2, 0.25) is 0 Å². The van der Waals surface area contributed by atoms with E-state index < -0.39 is 0 Å². The van der Waals surface area contributed by atoms with E-state index in [1.807, 2.05) is 0 Å². The Balaban J connectivity index is 2.02. The predicted octanol–water partition coefficient (Wildman–Crippen LogP) is 0.541. The maximum Gasteiger partial charge on any atom is 0.182 e. The normalized spacial score (nSPS) is 19.9. The molecule has 17 heavy (non-hydrogen) atoms. The van der Waals surface area contributed by atoms with Gasteiger partial charge in [-0.2, -0.15) is 0 Å². The fourth-order valence-corrected chi connectivity index (χ4v) is 2.46. The molecule has 3 rings (SSSR count). The molecule has 6 nitrogen and oxygen atoms in total. The number of H-pyrrole nitrogens is 1. The monoisotopic (exact) mass is 232 g/mol. The summed E-state index contributed by atoms with van der Waals surface area (Å²) >= 11 is 0. The zero-order valence-corrected chi connectivity index (χ0v) is 9.85. The van der Waals surface area contributed by atoms with Crippen LogP contribution in [-0.4, -0.2) is 45.6 Å². The van der Waals surface area contributed by atoms with Gasteiger partial charge in [0.1, 0.15) is 11.8 Å². The van der Waals surface area contributed by atoms with Crippen molar-refractivity contribution in [2.45, 2.75) is 19.4 Å². The van der Waals surface area contributed by atoms with Crippen molar-refractivity contribution in [3.63, 3.8) is 0 Å². The van der Waals surface area contributed by atoms with Crippen LogP contribution in [0, 0.1) is 0 Å². The van der Waals surface area contributed by atoms with E-state index in [-0.39, 0.29) is 0 Å². The molecule has 0 saturated carbocycles. The summed E-state index contributed by atoms with van der Waals surface area (Å²) in [5.41, 5.74) is 1.67. The number of rotatable bonds is 3. The summed E-state index contributed by atoms with van der Waals surface area (Å²) in [5, 5.41) is 3.39. The van der Waals surface area contributed by atoms with Crippen molar-refractivity contribution in [1.82, 2.24) is 25.3 Å². The average molecular weight is 232 g/mol. The maximum atomic E-state index is 4.41. The maximum absolute atomic E-state index is 4.41. The van der Waals surface area contributed by atoms with Crippen LogP contribution in [0.2, 0.25) is 0 Å². The standard InChI is InChI=1S/C11H16N6/c1-2-17(8-3-4-12-5-8)11-9-10(14-6-13-9)15-7-16-11/h6-8,12H,2-5H2,1H3,(H,13,14,15,16). The van der Waals surface area contributed by atoms with Crippen molar-refractivity contribution in [3.8, 4) is 0 Å². The number of likely N-dealkylation sites (N-methyl/N-ethyl adjacent to an activating group) is 1. The Morgan fingerprint density at radius 1 is 1.41 bits per heavy atom. The van der Waals surface area contributed by atoms with Gasteiger partial charge >= 0.3 is 0 Å². The van der Waals surface area contributed by atoms with Gasteiger partial charge < -0.3 is 15.2 Å². The lowest BCUT2D eigenvalue weighted by atomic mass is 10.2. The number of aromatic amines is 1. The molecule has 2 aromatic heterocycles. The molecule has 2 N–H and O–H groups in total. The van der Waals surface area contributed by atoms with Crippen LogP contribution in [0.1, 0.15) is 13.3 Å². The second kappa shape index (κ2) is 4.29. The van der Waals surface area contributed by atoms with Gasteiger partial charge in [-0.1, -0.05) is 0 Å². The molecule has 1 atom stereocenters. The highest BCUT2D eigenvalue weighted by molar-refractivity contribution is 5.82. The van der Waals surface area contributed by atoms with Gasteiger partial charge in [0.05, 0.1) is 6.33 Å². The number of hydrogen-bond acceptors (Lipinski definition) is 5. The van der Waals surface area contributed by atoms with E-state index in [4.69, 9.17) is 0 Å². The minimum Gasteiger partial charge on any atom is -0.351 e. The van der Waals surface area contributed by atoms with E-state index in [1.165, 1.54) is 0 Å². The SMILES string of the molecule is CCN(c1ncnc2nc[nH]c12)C1CCNC1. The molecule has 90 valence electrons. The van der Waals surface area contributed by atoms with E-state index >= 15 is 0 Å². The molecule has 1 fully saturated rings. The van der Waals surface area contributed by atoms with Gasteiger partial charge in [-0.15, -0.1) is 0 Å². The second-order valence-corrected chi connectivity index (χ2v) is 4.23. The Labute approximate surface area is 99.5 Å². The van der Waals surface area contributed by atoms with E-state index in [1.54, 1.807) is 12.7 Å². The van der Waals surface area contributed by atoms with Crippen LogP contribution in [0.3, 0.4) is 0 Å². The number of nitrogens with zero attached hydrogens (tertiary/aromatic N) is 4. The molecule has 0 radical (unpaired) electrons. The smallest absolute Gasteiger partial charge is 0.182 e. The van der Waals surface area contributed by atoms with Gasteiger partial charge in [0.15, 0.2) is 11.5 Å². The van der Waals surface area contributed by atoms with Gasteiger partial charge in [-0.25, -0.2) is 15.0 Å². The van der Waals surface area contributed by atoms with Crippen LogP contribution in [0.15, 0.2) is 12.7 Å². The number of fused-ring (bicyclic) bond motifs is 1. The molecule has 2 aromatic rings. The minimum absolute atomic E-state index is 0.515. The Bertz CT molecular complexity index is 501. The minimum atomic E-state index is 0.515. The fourth-order valence-electron chi connectivity index (χ4n) is 2.46. The fraction of sp³-hybridized carbons (Fsp3) is 0.545. The molecule has 0 bridgehead atoms. The quantitative estimate of drug-likeness (QED) is 0.808. The number of hydrogen-bond donors (Lipinski definition) is 2. The number of aromatic nitrogens is 4. The van der Waals surface area contributed by atoms with Crippen LogP contribution in [0.4, 0.5) is 5.82 Å². The lowest BCUT2D eigenvalue weighted by molar-refractivity contribution is 0.641. The molecule has 1 unspecified atom stereocenters. The third-order valence-electron chi connectivity index (χ3n) is 3.29. The van der Waals surface area contributed by atoms with E-state index in [9.17, 15) is 0 Å². The van der Waals surface area contributed by atoms with Crippen molar-refractivity contribution in [3.05, 3.63) is 12.7 Å². The van der Waals surface area contributed by atoms with Crippen LogP contribution in [0.25, 0.3) is 11.2 Å². The molecular weight excluding hydrogens is 216 g/mol. The van der Waals surface area contributed by atoms with Crippen LogP contribution in [-0.2, 0) is 0 Å². The summed E-state index contributed by atoms with van der Waals surface area (Å²) in [6.45, 7) is 5.20. The Morgan fingerprint density at radius 3 is 3.12 bits per heavy atom. The highest BCUT2D eigenvalue weighted by Crippen LogP contribution is 2.23. The first-order valence-electron chi connectivity index (χ1n) is 6.01. The van der Waals surface area contributed by atoms with Crippen LogP contribution < -0.4 is 10.2 Å². The summed E-state index contributed by atoms with van der Waals surface area (Å²) in [4.78, 5) is 18.2. The third-order valence-corrected chi connectivity index (χ3v) is 3.29. The first-order valence-corrected chi connectivity index (χ1v) is 6.01. The van der Waals surface area contributed by atoms with Gasteiger partial charge in [0.25, 0.3) is 0 Å². The third kappa shape index (κ3) is 1.74. The molecular formula is C11H16N6. The molecule has 1 aliphatic heterocycles.